The molecule has 0 saturated heterocycles. The van der Waals surface area contributed by atoms with E-state index in [-0.39, 0.29) is 17.2 Å². The van der Waals surface area contributed by atoms with Crippen LogP contribution in [0.15, 0.2) is 48.5 Å². The fourth-order valence-electron chi connectivity index (χ4n) is 2.55. The highest BCUT2D eigenvalue weighted by Crippen LogP contribution is 2.21. The Morgan fingerprint density at radius 1 is 1.21 bits per heavy atom. The van der Waals surface area contributed by atoms with Crippen molar-refractivity contribution in [3.05, 3.63) is 64.2 Å². The molecule has 0 atom stereocenters. The molecule has 0 aliphatic rings. The predicted octanol–water partition coefficient (Wildman–Crippen LogP) is 4.08. The topological polar surface area (TPSA) is 75.5 Å². The molecule has 0 saturated carbocycles. The van der Waals surface area contributed by atoms with Crippen LogP contribution in [0.5, 0.6) is 0 Å². The van der Waals surface area contributed by atoms with Gasteiger partial charge >= 0.3 is 0 Å². The van der Waals surface area contributed by atoms with Gasteiger partial charge in [-0.1, -0.05) is 6.07 Å². The molecule has 6 heteroatoms. The van der Waals surface area contributed by atoms with E-state index < -0.39 is 4.92 Å². The highest BCUT2D eigenvalue weighted by molar-refractivity contribution is 6.04. The smallest absolute Gasteiger partial charge is 0.270 e. The van der Waals surface area contributed by atoms with Gasteiger partial charge in [-0.2, -0.15) is 0 Å². The number of nitrogens with zero attached hydrogens (tertiary/aromatic N) is 2. The minimum Gasteiger partial charge on any atom is -0.369 e. The minimum atomic E-state index is -0.517. The van der Waals surface area contributed by atoms with Crippen molar-refractivity contribution in [2.24, 2.45) is 0 Å². The Kier molecular flexibility index (Phi) is 5.52. The van der Waals surface area contributed by atoms with Gasteiger partial charge in [0, 0.05) is 41.7 Å². The molecule has 0 aliphatic heterocycles. The number of nitro groups is 1. The lowest BCUT2D eigenvalue weighted by Crippen LogP contribution is -2.30. The molecule has 2 aromatic rings. The summed E-state index contributed by atoms with van der Waals surface area (Å²) in [5, 5.41) is 13.5. The van der Waals surface area contributed by atoms with E-state index in [1.807, 2.05) is 24.3 Å². The van der Waals surface area contributed by atoms with E-state index in [4.69, 9.17) is 0 Å². The van der Waals surface area contributed by atoms with Gasteiger partial charge in [0.15, 0.2) is 0 Å². The zero-order valence-electron chi connectivity index (χ0n) is 14.0. The molecule has 0 bridgehead atoms. The fraction of sp³-hybridized carbons (Fsp3) is 0.278. The predicted molar refractivity (Wildman–Crippen MR) is 95.6 cm³/mol. The maximum atomic E-state index is 12.2. The number of nitrogens with one attached hydrogen (secondary N) is 1. The highest BCUT2D eigenvalue weighted by Gasteiger charge is 2.12. The quantitative estimate of drug-likeness (QED) is 0.640. The van der Waals surface area contributed by atoms with Crippen molar-refractivity contribution in [1.29, 1.82) is 0 Å². The summed E-state index contributed by atoms with van der Waals surface area (Å²) in [4.78, 5) is 24.7. The summed E-state index contributed by atoms with van der Waals surface area (Å²) in [6.07, 6.45) is 0. The number of hydrogen-bond acceptors (Lipinski definition) is 4. The van der Waals surface area contributed by atoms with E-state index in [9.17, 15) is 14.9 Å². The summed E-state index contributed by atoms with van der Waals surface area (Å²) in [7, 11) is 0. The van der Waals surface area contributed by atoms with Gasteiger partial charge in [0.1, 0.15) is 0 Å². The van der Waals surface area contributed by atoms with Gasteiger partial charge in [0.05, 0.1) is 4.92 Å². The highest BCUT2D eigenvalue weighted by atomic mass is 16.6. The number of benzene rings is 2. The van der Waals surface area contributed by atoms with Gasteiger partial charge in [0.25, 0.3) is 11.6 Å². The Hall–Kier alpha value is -2.89. The molecule has 24 heavy (non-hydrogen) atoms. The molecule has 1 N–H and O–H groups in total. The van der Waals surface area contributed by atoms with Crippen LogP contribution in [0, 0.1) is 10.1 Å². The molecule has 0 heterocycles. The van der Waals surface area contributed by atoms with Crippen molar-refractivity contribution in [2.45, 2.75) is 26.8 Å². The third-order valence-corrected chi connectivity index (χ3v) is 3.74. The number of carbonyl (C=O) groups is 1. The first kappa shape index (κ1) is 17.5. The van der Waals surface area contributed by atoms with Crippen LogP contribution in [0.2, 0.25) is 0 Å². The van der Waals surface area contributed by atoms with Crippen LogP contribution in [0.3, 0.4) is 0 Å². The van der Waals surface area contributed by atoms with Gasteiger partial charge in [-0.05, 0) is 51.1 Å². The molecule has 0 spiro atoms. The summed E-state index contributed by atoms with van der Waals surface area (Å²) in [5.41, 5.74) is 1.88. The molecule has 1 amide bonds. The van der Waals surface area contributed by atoms with Crippen molar-refractivity contribution < 1.29 is 9.72 Å². The molecular formula is C18H21N3O3. The standard InChI is InChI=1S/C18H21N3O3/c1-4-20(13(2)3)16-10-8-15(9-11-16)19-18(22)14-6-5-7-17(12-14)21(23)24/h5-13H,4H2,1-3H3,(H,19,22). The third kappa shape index (κ3) is 4.10. The molecule has 2 aromatic carbocycles. The molecule has 2 rings (SSSR count). The van der Waals surface area contributed by atoms with Crippen molar-refractivity contribution in [1.82, 2.24) is 0 Å². The maximum Gasteiger partial charge on any atom is 0.270 e. The average molecular weight is 327 g/mol. The number of nitro benzene ring substituents is 1. The van der Waals surface area contributed by atoms with Crippen LogP contribution < -0.4 is 10.2 Å². The van der Waals surface area contributed by atoms with Crippen molar-refractivity contribution in [2.75, 3.05) is 16.8 Å². The van der Waals surface area contributed by atoms with Crippen LogP contribution in [0.4, 0.5) is 17.1 Å². The lowest BCUT2D eigenvalue weighted by Gasteiger charge is -2.27. The van der Waals surface area contributed by atoms with Crippen LogP contribution in [0.25, 0.3) is 0 Å². The number of hydrogen-bond donors (Lipinski definition) is 1. The first-order valence-electron chi connectivity index (χ1n) is 7.85. The Morgan fingerprint density at radius 2 is 1.88 bits per heavy atom. The summed E-state index contributed by atoms with van der Waals surface area (Å²) < 4.78 is 0. The molecule has 0 unspecified atom stereocenters. The van der Waals surface area contributed by atoms with Crippen molar-refractivity contribution >= 4 is 23.0 Å². The van der Waals surface area contributed by atoms with Gasteiger partial charge < -0.3 is 10.2 Å². The summed E-state index contributed by atoms with van der Waals surface area (Å²) in [6.45, 7) is 7.25. The van der Waals surface area contributed by atoms with Crippen molar-refractivity contribution in [3.8, 4) is 0 Å². The Labute approximate surface area is 141 Å². The first-order chi connectivity index (χ1) is 11.4. The van der Waals surface area contributed by atoms with E-state index in [0.717, 1.165) is 12.2 Å². The van der Waals surface area contributed by atoms with E-state index in [1.165, 1.54) is 18.2 Å². The maximum absolute atomic E-state index is 12.2. The van der Waals surface area contributed by atoms with Crippen molar-refractivity contribution in [3.63, 3.8) is 0 Å². The zero-order chi connectivity index (χ0) is 17.7. The monoisotopic (exact) mass is 327 g/mol. The summed E-state index contributed by atoms with van der Waals surface area (Å²) in [5.74, 6) is -0.373. The summed E-state index contributed by atoms with van der Waals surface area (Å²) in [6, 6.07) is 13.6. The van der Waals surface area contributed by atoms with Crippen LogP contribution in [-0.2, 0) is 0 Å². The molecule has 0 aromatic heterocycles. The minimum absolute atomic E-state index is 0.103. The SMILES string of the molecule is CCN(c1ccc(NC(=O)c2cccc([N+](=O)[O-])c2)cc1)C(C)C. The Morgan fingerprint density at radius 3 is 2.42 bits per heavy atom. The second kappa shape index (κ2) is 7.59. The van der Waals surface area contributed by atoms with Gasteiger partial charge in [-0.25, -0.2) is 0 Å². The number of rotatable bonds is 6. The lowest BCUT2D eigenvalue weighted by atomic mass is 10.1. The third-order valence-electron chi connectivity index (χ3n) is 3.74. The zero-order valence-corrected chi connectivity index (χ0v) is 14.0. The van der Waals surface area contributed by atoms with Gasteiger partial charge in [0.2, 0.25) is 0 Å². The molecule has 6 nitrogen and oxygen atoms in total. The number of anilines is 2. The Bertz CT molecular complexity index is 727. The number of non-ortho nitro benzene ring substituents is 1. The molecule has 126 valence electrons. The molecule has 0 aliphatic carbocycles. The average Bonchev–Trinajstić information content (AvgIpc) is 2.56. The fourth-order valence-corrected chi connectivity index (χ4v) is 2.55. The first-order valence-corrected chi connectivity index (χ1v) is 7.85. The molecule has 0 radical (unpaired) electrons. The van der Waals surface area contributed by atoms with Gasteiger partial charge in [-0.15, -0.1) is 0 Å². The number of carbonyl (C=O) groups excluding carboxylic acids is 1. The normalized spacial score (nSPS) is 10.5. The van der Waals surface area contributed by atoms with Crippen LogP contribution in [-0.4, -0.2) is 23.4 Å². The van der Waals surface area contributed by atoms with E-state index >= 15 is 0 Å². The summed E-state index contributed by atoms with van der Waals surface area (Å²) >= 11 is 0. The molecule has 0 fully saturated rings. The second-order valence-corrected chi connectivity index (χ2v) is 5.69. The van der Waals surface area contributed by atoms with Gasteiger partial charge in [-0.3, -0.25) is 14.9 Å². The molecular weight excluding hydrogens is 306 g/mol. The lowest BCUT2D eigenvalue weighted by molar-refractivity contribution is -0.384. The van der Waals surface area contributed by atoms with E-state index in [2.05, 4.69) is 31.0 Å². The van der Waals surface area contributed by atoms with Crippen LogP contribution in [0.1, 0.15) is 31.1 Å². The Balaban J connectivity index is 2.12. The second-order valence-electron chi connectivity index (χ2n) is 5.69. The van der Waals surface area contributed by atoms with E-state index in [1.54, 1.807) is 6.07 Å². The largest absolute Gasteiger partial charge is 0.369 e. The van der Waals surface area contributed by atoms with Crippen LogP contribution >= 0.6 is 0 Å². The van der Waals surface area contributed by atoms with E-state index in [0.29, 0.717) is 11.7 Å². The number of amides is 1.